The lowest BCUT2D eigenvalue weighted by Crippen LogP contribution is -2.33. The predicted octanol–water partition coefficient (Wildman–Crippen LogP) is 3.32. The van der Waals surface area contributed by atoms with Gasteiger partial charge in [0.05, 0.1) is 11.1 Å². The molecule has 0 aliphatic rings. The van der Waals surface area contributed by atoms with E-state index in [1.807, 2.05) is 0 Å². The van der Waals surface area contributed by atoms with Crippen LogP contribution in [0.15, 0.2) is 18.2 Å². The van der Waals surface area contributed by atoms with Crippen LogP contribution >= 0.6 is 0 Å². The smallest absolute Gasteiger partial charge is 0.396 e. The SMILES string of the molecule is CC(CN)(CCO)c1cc(C(F)(F)F)cc(C(F)(F)F)c1. The fourth-order valence-corrected chi connectivity index (χ4v) is 1.91. The first-order valence-electron chi connectivity index (χ1n) is 6.05. The first-order valence-corrected chi connectivity index (χ1v) is 6.05. The molecule has 0 saturated carbocycles. The van der Waals surface area contributed by atoms with Gasteiger partial charge in [0.15, 0.2) is 0 Å². The van der Waals surface area contributed by atoms with E-state index in [-0.39, 0.29) is 24.6 Å². The number of halogens is 6. The maximum absolute atomic E-state index is 12.8. The molecule has 0 fully saturated rings. The zero-order valence-corrected chi connectivity index (χ0v) is 11.1. The van der Waals surface area contributed by atoms with Crippen LogP contribution in [0, 0.1) is 0 Å². The van der Waals surface area contributed by atoms with E-state index in [4.69, 9.17) is 10.8 Å². The Morgan fingerprint density at radius 3 is 1.57 bits per heavy atom. The summed E-state index contributed by atoms with van der Waals surface area (Å²) >= 11 is 0. The number of aliphatic hydroxyl groups is 1. The Kier molecular flexibility index (Phi) is 4.94. The first kappa shape index (κ1) is 17.8. The summed E-state index contributed by atoms with van der Waals surface area (Å²) in [7, 11) is 0. The molecule has 1 aromatic carbocycles. The molecule has 0 radical (unpaired) electrons. The van der Waals surface area contributed by atoms with Gasteiger partial charge in [0.25, 0.3) is 0 Å². The molecule has 0 aliphatic heterocycles. The summed E-state index contributed by atoms with van der Waals surface area (Å²) in [5.41, 5.74) is 1.34. The molecular weight excluding hydrogens is 300 g/mol. The molecule has 2 nitrogen and oxygen atoms in total. The Balaban J connectivity index is 3.52. The van der Waals surface area contributed by atoms with Crippen LogP contribution in [0.4, 0.5) is 26.3 Å². The Hall–Kier alpha value is -1.28. The summed E-state index contributed by atoms with van der Waals surface area (Å²) in [4.78, 5) is 0. The van der Waals surface area contributed by atoms with Crippen molar-refractivity contribution in [1.29, 1.82) is 0 Å². The quantitative estimate of drug-likeness (QED) is 0.837. The third-order valence-electron chi connectivity index (χ3n) is 3.40. The van der Waals surface area contributed by atoms with Crippen molar-refractivity contribution in [2.75, 3.05) is 13.2 Å². The van der Waals surface area contributed by atoms with E-state index < -0.39 is 35.5 Å². The van der Waals surface area contributed by atoms with Crippen LogP contribution in [-0.2, 0) is 17.8 Å². The van der Waals surface area contributed by atoms with E-state index in [0.717, 1.165) is 0 Å². The predicted molar refractivity (Wildman–Crippen MR) is 64.6 cm³/mol. The molecule has 3 N–H and O–H groups in total. The van der Waals surface area contributed by atoms with Gasteiger partial charge in [-0.15, -0.1) is 0 Å². The Bertz CT molecular complexity index is 464. The fraction of sp³-hybridized carbons (Fsp3) is 0.538. The molecule has 0 amide bonds. The zero-order valence-electron chi connectivity index (χ0n) is 11.1. The van der Waals surface area contributed by atoms with E-state index in [1.54, 1.807) is 0 Å². The zero-order chi connectivity index (χ0) is 16.5. The van der Waals surface area contributed by atoms with Crippen LogP contribution in [0.5, 0.6) is 0 Å². The molecule has 0 aromatic heterocycles. The summed E-state index contributed by atoms with van der Waals surface area (Å²) in [5.74, 6) is 0. The largest absolute Gasteiger partial charge is 0.416 e. The van der Waals surface area contributed by atoms with Crippen molar-refractivity contribution in [2.45, 2.75) is 31.1 Å². The third kappa shape index (κ3) is 4.10. The maximum Gasteiger partial charge on any atom is 0.416 e. The van der Waals surface area contributed by atoms with Crippen LogP contribution in [0.2, 0.25) is 0 Å². The molecule has 120 valence electrons. The van der Waals surface area contributed by atoms with Crippen molar-refractivity contribution < 1.29 is 31.4 Å². The molecule has 0 saturated heterocycles. The molecule has 0 aliphatic carbocycles. The monoisotopic (exact) mass is 315 g/mol. The second-order valence-electron chi connectivity index (χ2n) is 5.03. The highest BCUT2D eigenvalue weighted by atomic mass is 19.4. The summed E-state index contributed by atoms with van der Waals surface area (Å²) in [6.45, 7) is 0.830. The lowest BCUT2D eigenvalue weighted by atomic mass is 9.78. The molecule has 0 spiro atoms. The van der Waals surface area contributed by atoms with Gasteiger partial charge in [0.1, 0.15) is 0 Å². The van der Waals surface area contributed by atoms with E-state index in [1.165, 1.54) is 6.92 Å². The van der Waals surface area contributed by atoms with Crippen molar-refractivity contribution >= 4 is 0 Å². The van der Waals surface area contributed by atoms with E-state index in [2.05, 4.69) is 0 Å². The highest BCUT2D eigenvalue weighted by Crippen LogP contribution is 2.39. The van der Waals surface area contributed by atoms with Crippen molar-refractivity contribution in [3.8, 4) is 0 Å². The molecule has 1 unspecified atom stereocenters. The van der Waals surface area contributed by atoms with E-state index in [9.17, 15) is 26.3 Å². The number of aliphatic hydroxyl groups excluding tert-OH is 1. The Labute approximate surface area is 117 Å². The van der Waals surface area contributed by atoms with E-state index in [0.29, 0.717) is 12.1 Å². The number of hydrogen-bond donors (Lipinski definition) is 2. The van der Waals surface area contributed by atoms with Gasteiger partial charge in [-0.2, -0.15) is 26.3 Å². The van der Waals surface area contributed by atoms with Gasteiger partial charge in [0.2, 0.25) is 0 Å². The van der Waals surface area contributed by atoms with Crippen LogP contribution in [0.1, 0.15) is 30.0 Å². The normalized spacial score (nSPS) is 15.9. The minimum atomic E-state index is -4.90. The number of benzene rings is 1. The number of nitrogens with two attached hydrogens (primary N) is 1. The summed E-state index contributed by atoms with van der Waals surface area (Å²) in [6.07, 6.45) is -9.84. The Morgan fingerprint density at radius 2 is 1.29 bits per heavy atom. The third-order valence-corrected chi connectivity index (χ3v) is 3.40. The summed E-state index contributed by atoms with van der Waals surface area (Å²) in [6, 6.07) is 1.37. The molecule has 1 aromatic rings. The van der Waals surface area contributed by atoms with Crippen molar-refractivity contribution in [2.24, 2.45) is 5.73 Å². The standard InChI is InChI=1S/C13H15F6NO/c1-11(7-20,2-3-21)8-4-9(12(14,15)16)6-10(5-8)13(17,18)19/h4-6,21H,2-3,7,20H2,1H3. The van der Waals surface area contributed by atoms with Crippen LogP contribution in [-0.4, -0.2) is 18.3 Å². The molecule has 21 heavy (non-hydrogen) atoms. The lowest BCUT2D eigenvalue weighted by molar-refractivity contribution is -0.143. The molecule has 0 heterocycles. The van der Waals surface area contributed by atoms with Crippen LogP contribution in [0.25, 0.3) is 0 Å². The minimum Gasteiger partial charge on any atom is -0.396 e. The van der Waals surface area contributed by atoms with Crippen molar-refractivity contribution in [3.63, 3.8) is 0 Å². The van der Waals surface area contributed by atoms with Gasteiger partial charge in [0, 0.05) is 18.6 Å². The van der Waals surface area contributed by atoms with Gasteiger partial charge in [-0.1, -0.05) is 6.92 Å². The van der Waals surface area contributed by atoms with Gasteiger partial charge in [-0.25, -0.2) is 0 Å². The highest BCUT2D eigenvalue weighted by Gasteiger charge is 2.39. The average molecular weight is 315 g/mol. The number of alkyl halides is 6. The topological polar surface area (TPSA) is 46.2 Å². The summed E-state index contributed by atoms with van der Waals surface area (Å²) in [5, 5.41) is 8.95. The van der Waals surface area contributed by atoms with Gasteiger partial charge in [-0.3, -0.25) is 0 Å². The van der Waals surface area contributed by atoms with Crippen LogP contribution in [0.3, 0.4) is 0 Å². The summed E-state index contributed by atoms with van der Waals surface area (Å²) < 4.78 is 76.6. The second-order valence-corrected chi connectivity index (χ2v) is 5.03. The van der Waals surface area contributed by atoms with Gasteiger partial charge in [-0.05, 0) is 30.2 Å². The number of rotatable bonds is 4. The lowest BCUT2D eigenvalue weighted by Gasteiger charge is -2.29. The molecule has 1 rings (SSSR count). The average Bonchev–Trinajstić information content (AvgIpc) is 2.36. The minimum absolute atomic E-state index is 0.0396. The van der Waals surface area contributed by atoms with E-state index >= 15 is 0 Å². The maximum atomic E-state index is 12.8. The van der Waals surface area contributed by atoms with Gasteiger partial charge < -0.3 is 10.8 Å². The van der Waals surface area contributed by atoms with Crippen molar-refractivity contribution in [1.82, 2.24) is 0 Å². The Morgan fingerprint density at radius 1 is 0.905 bits per heavy atom. The van der Waals surface area contributed by atoms with Crippen molar-refractivity contribution in [3.05, 3.63) is 34.9 Å². The molecule has 8 heteroatoms. The first-order chi connectivity index (χ1) is 9.44. The second kappa shape index (κ2) is 5.84. The highest BCUT2D eigenvalue weighted by molar-refractivity contribution is 5.37. The molecule has 1 atom stereocenters. The number of hydrogen-bond acceptors (Lipinski definition) is 2. The van der Waals surface area contributed by atoms with Crippen LogP contribution < -0.4 is 5.73 Å². The van der Waals surface area contributed by atoms with Gasteiger partial charge >= 0.3 is 12.4 Å². The molecule has 0 bridgehead atoms. The molecular formula is C13H15F6NO. The fourth-order valence-electron chi connectivity index (χ4n) is 1.91.